The molecule has 0 spiro atoms. The molecule has 18 heavy (non-hydrogen) atoms. The first-order valence-corrected chi connectivity index (χ1v) is 6.34. The predicted octanol–water partition coefficient (Wildman–Crippen LogP) is 3.48. The van der Waals surface area contributed by atoms with Gasteiger partial charge in [0.25, 0.3) is 5.92 Å². The number of alkyl halides is 2. The minimum Gasteiger partial charge on any atom is -0.316 e. The van der Waals surface area contributed by atoms with Gasteiger partial charge in [-0.1, -0.05) is 6.07 Å². The summed E-state index contributed by atoms with van der Waals surface area (Å²) in [6, 6.07) is 3.63. The fraction of sp³-hybridized carbons (Fsp3) is 0.571. The van der Waals surface area contributed by atoms with Crippen molar-refractivity contribution in [3.05, 3.63) is 35.1 Å². The normalized spacial score (nSPS) is 21.0. The predicted molar refractivity (Wildman–Crippen MR) is 65.3 cm³/mol. The molecule has 1 saturated heterocycles. The van der Waals surface area contributed by atoms with E-state index in [0.717, 1.165) is 45.0 Å². The SMILES string of the molecule is CC(F)(F)c1ccc(F)c(CC2CCCNC2)c1. The van der Waals surface area contributed by atoms with Crippen molar-refractivity contribution in [2.75, 3.05) is 13.1 Å². The molecule has 1 aliphatic rings. The number of piperidine rings is 1. The van der Waals surface area contributed by atoms with Crippen molar-refractivity contribution in [1.82, 2.24) is 5.32 Å². The molecule has 100 valence electrons. The number of benzene rings is 1. The molecular weight excluding hydrogens is 239 g/mol. The van der Waals surface area contributed by atoms with E-state index in [2.05, 4.69) is 5.32 Å². The lowest BCUT2D eigenvalue weighted by Gasteiger charge is -2.23. The van der Waals surface area contributed by atoms with E-state index in [4.69, 9.17) is 0 Å². The van der Waals surface area contributed by atoms with E-state index in [1.807, 2.05) is 0 Å². The Labute approximate surface area is 105 Å². The van der Waals surface area contributed by atoms with Gasteiger partial charge in [0.15, 0.2) is 0 Å². The molecule has 2 rings (SSSR count). The summed E-state index contributed by atoms with van der Waals surface area (Å²) in [5.74, 6) is -2.95. The zero-order valence-corrected chi connectivity index (χ0v) is 10.5. The molecule has 1 aromatic carbocycles. The summed E-state index contributed by atoms with van der Waals surface area (Å²) in [4.78, 5) is 0. The maximum atomic E-state index is 13.6. The average Bonchev–Trinajstić information content (AvgIpc) is 2.32. The zero-order chi connectivity index (χ0) is 13.2. The highest BCUT2D eigenvalue weighted by Crippen LogP contribution is 2.29. The first kappa shape index (κ1) is 13.4. The van der Waals surface area contributed by atoms with E-state index in [0.29, 0.717) is 17.9 Å². The smallest absolute Gasteiger partial charge is 0.270 e. The van der Waals surface area contributed by atoms with E-state index < -0.39 is 5.92 Å². The van der Waals surface area contributed by atoms with Crippen molar-refractivity contribution in [3.63, 3.8) is 0 Å². The third-order valence-electron chi connectivity index (χ3n) is 3.46. The van der Waals surface area contributed by atoms with Gasteiger partial charge < -0.3 is 5.32 Å². The Hall–Kier alpha value is -1.03. The van der Waals surface area contributed by atoms with Gasteiger partial charge >= 0.3 is 0 Å². The molecule has 1 unspecified atom stereocenters. The fourth-order valence-electron chi connectivity index (χ4n) is 2.41. The van der Waals surface area contributed by atoms with Crippen LogP contribution in [0.15, 0.2) is 18.2 Å². The summed E-state index contributed by atoms with van der Waals surface area (Å²) in [6.45, 7) is 2.67. The van der Waals surface area contributed by atoms with Gasteiger partial charge in [0.05, 0.1) is 0 Å². The van der Waals surface area contributed by atoms with E-state index in [-0.39, 0.29) is 11.4 Å². The van der Waals surface area contributed by atoms with Crippen molar-refractivity contribution in [2.24, 2.45) is 5.92 Å². The van der Waals surface area contributed by atoms with E-state index in [1.165, 1.54) is 6.07 Å². The number of hydrogen-bond acceptors (Lipinski definition) is 1. The summed E-state index contributed by atoms with van der Waals surface area (Å²) < 4.78 is 40.1. The Morgan fingerprint density at radius 1 is 1.39 bits per heavy atom. The average molecular weight is 257 g/mol. The molecule has 1 heterocycles. The lowest BCUT2D eigenvalue weighted by atomic mass is 9.91. The molecule has 1 atom stereocenters. The molecule has 0 radical (unpaired) electrons. The van der Waals surface area contributed by atoms with Crippen LogP contribution < -0.4 is 5.32 Å². The molecule has 4 heteroatoms. The van der Waals surface area contributed by atoms with E-state index in [9.17, 15) is 13.2 Å². The van der Waals surface area contributed by atoms with Crippen LogP contribution in [0, 0.1) is 11.7 Å². The highest BCUT2D eigenvalue weighted by Gasteiger charge is 2.25. The van der Waals surface area contributed by atoms with Crippen LogP contribution in [0.4, 0.5) is 13.2 Å². The van der Waals surface area contributed by atoms with Crippen LogP contribution in [0.2, 0.25) is 0 Å². The molecule has 1 aromatic rings. The number of nitrogens with one attached hydrogen (secondary N) is 1. The molecular formula is C14H18F3N. The van der Waals surface area contributed by atoms with Crippen LogP contribution in [-0.4, -0.2) is 13.1 Å². The minimum atomic E-state index is -2.91. The summed E-state index contributed by atoms with van der Waals surface area (Å²) >= 11 is 0. The standard InChI is InChI=1S/C14H18F3N/c1-14(16,17)12-4-5-13(15)11(8-12)7-10-3-2-6-18-9-10/h4-5,8,10,18H,2-3,6-7,9H2,1H3. The van der Waals surface area contributed by atoms with Gasteiger partial charge in [-0.15, -0.1) is 0 Å². The Balaban J connectivity index is 2.15. The first-order chi connectivity index (χ1) is 8.47. The van der Waals surface area contributed by atoms with Gasteiger partial charge in [-0.05, 0) is 56.0 Å². The van der Waals surface area contributed by atoms with Gasteiger partial charge in [0.2, 0.25) is 0 Å². The number of halogens is 3. The third-order valence-corrected chi connectivity index (χ3v) is 3.46. The van der Waals surface area contributed by atoms with Crippen LogP contribution in [-0.2, 0) is 12.3 Å². The van der Waals surface area contributed by atoms with Gasteiger partial charge in [-0.2, -0.15) is 0 Å². The van der Waals surface area contributed by atoms with Crippen molar-refractivity contribution in [1.29, 1.82) is 0 Å². The van der Waals surface area contributed by atoms with Gasteiger partial charge in [-0.3, -0.25) is 0 Å². The van der Waals surface area contributed by atoms with E-state index in [1.54, 1.807) is 0 Å². The van der Waals surface area contributed by atoms with Crippen molar-refractivity contribution in [2.45, 2.75) is 32.1 Å². The van der Waals surface area contributed by atoms with Crippen LogP contribution >= 0.6 is 0 Å². The summed E-state index contributed by atoms with van der Waals surface area (Å²) in [5.41, 5.74) is 0.297. The zero-order valence-electron chi connectivity index (χ0n) is 10.5. The Kier molecular flexibility index (Phi) is 3.95. The monoisotopic (exact) mass is 257 g/mol. The second-order valence-electron chi connectivity index (χ2n) is 5.11. The lowest BCUT2D eigenvalue weighted by molar-refractivity contribution is 0.0173. The van der Waals surface area contributed by atoms with Crippen molar-refractivity contribution in [3.8, 4) is 0 Å². The Morgan fingerprint density at radius 2 is 2.17 bits per heavy atom. The molecule has 1 nitrogen and oxygen atoms in total. The van der Waals surface area contributed by atoms with Crippen molar-refractivity contribution >= 4 is 0 Å². The Morgan fingerprint density at radius 3 is 2.78 bits per heavy atom. The number of rotatable bonds is 3. The molecule has 1 N–H and O–H groups in total. The van der Waals surface area contributed by atoms with Gasteiger partial charge in [0.1, 0.15) is 5.82 Å². The molecule has 0 aliphatic carbocycles. The quantitative estimate of drug-likeness (QED) is 0.874. The van der Waals surface area contributed by atoms with E-state index >= 15 is 0 Å². The largest absolute Gasteiger partial charge is 0.316 e. The maximum Gasteiger partial charge on any atom is 0.270 e. The molecule has 0 saturated carbocycles. The second kappa shape index (κ2) is 5.31. The summed E-state index contributed by atoms with van der Waals surface area (Å²) in [6.07, 6.45) is 2.62. The van der Waals surface area contributed by atoms with Crippen LogP contribution in [0.1, 0.15) is 30.9 Å². The summed E-state index contributed by atoms with van der Waals surface area (Å²) in [7, 11) is 0. The van der Waals surface area contributed by atoms with Gasteiger partial charge in [-0.25, -0.2) is 13.2 Å². The first-order valence-electron chi connectivity index (χ1n) is 6.34. The molecule has 1 fully saturated rings. The van der Waals surface area contributed by atoms with Crippen LogP contribution in [0.3, 0.4) is 0 Å². The topological polar surface area (TPSA) is 12.0 Å². The highest BCUT2D eigenvalue weighted by atomic mass is 19.3. The lowest BCUT2D eigenvalue weighted by Crippen LogP contribution is -2.31. The maximum absolute atomic E-state index is 13.6. The van der Waals surface area contributed by atoms with Crippen molar-refractivity contribution < 1.29 is 13.2 Å². The molecule has 0 bridgehead atoms. The second-order valence-corrected chi connectivity index (χ2v) is 5.11. The number of hydrogen-bond donors (Lipinski definition) is 1. The molecule has 0 aromatic heterocycles. The highest BCUT2D eigenvalue weighted by molar-refractivity contribution is 5.28. The van der Waals surface area contributed by atoms with Gasteiger partial charge in [0, 0.05) is 12.5 Å². The molecule has 1 aliphatic heterocycles. The Bertz CT molecular complexity index is 406. The summed E-state index contributed by atoms with van der Waals surface area (Å²) in [5, 5.41) is 3.25. The molecule has 0 amide bonds. The fourth-order valence-corrected chi connectivity index (χ4v) is 2.41. The minimum absolute atomic E-state index is 0.109. The van der Waals surface area contributed by atoms with Crippen LogP contribution in [0.5, 0.6) is 0 Å². The van der Waals surface area contributed by atoms with Crippen LogP contribution in [0.25, 0.3) is 0 Å². The third kappa shape index (κ3) is 3.25.